The minimum Gasteiger partial charge on any atom is -0.489 e. The number of rotatable bonds is 6. The van der Waals surface area contributed by atoms with Gasteiger partial charge in [0.15, 0.2) is 0 Å². The van der Waals surface area contributed by atoms with Crippen LogP contribution >= 0.6 is 11.8 Å². The van der Waals surface area contributed by atoms with Gasteiger partial charge in [-0.15, -0.1) is 0 Å². The van der Waals surface area contributed by atoms with Crippen LogP contribution in [0.2, 0.25) is 0 Å². The van der Waals surface area contributed by atoms with Crippen LogP contribution in [0, 0.1) is 5.92 Å². The normalized spacial score (nSPS) is 18.5. The number of carbonyl (C=O) groups is 3. The zero-order valence-corrected chi connectivity index (χ0v) is 18.8. The molecular weight excluding hydrogens is 424 g/mol. The van der Waals surface area contributed by atoms with E-state index in [-0.39, 0.29) is 12.5 Å². The van der Waals surface area contributed by atoms with Crippen LogP contribution in [0.5, 0.6) is 5.75 Å². The zero-order chi connectivity index (χ0) is 22.5. The zero-order valence-electron chi connectivity index (χ0n) is 18.0. The molecule has 4 rings (SSSR count). The number of ether oxygens (including phenoxy) is 1. The standard InChI is InChI=1S/C25H26N2O4S/c1-18-11-13-26(14-12-18)23(28)16-27-24(29)22(32-25(27)30)15-19-7-9-21(10-8-19)31-17-20-5-3-2-4-6-20/h2-10,15,18H,11-14,16-17H2,1H3/b22-15+. The molecule has 2 fully saturated rings. The molecule has 0 radical (unpaired) electrons. The molecule has 7 heteroatoms. The van der Waals surface area contributed by atoms with E-state index in [4.69, 9.17) is 4.74 Å². The van der Waals surface area contributed by atoms with Gasteiger partial charge in [-0.25, -0.2) is 0 Å². The Labute approximate surface area is 192 Å². The molecule has 0 atom stereocenters. The van der Waals surface area contributed by atoms with E-state index in [0.717, 1.165) is 46.4 Å². The van der Waals surface area contributed by atoms with E-state index in [2.05, 4.69) is 6.92 Å². The molecule has 2 aromatic rings. The van der Waals surface area contributed by atoms with Gasteiger partial charge in [0.25, 0.3) is 11.1 Å². The third-order valence-electron chi connectivity index (χ3n) is 5.73. The number of amides is 3. The number of piperidine rings is 1. The molecule has 0 spiro atoms. The summed E-state index contributed by atoms with van der Waals surface area (Å²) in [4.78, 5) is 40.8. The first-order chi connectivity index (χ1) is 15.5. The van der Waals surface area contributed by atoms with Gasteiger partial charge in [-0.2, -0.15) is 0 Å². The van der Waals surface area contributed by atoms with Gasteiger partial charge in [0.2, 0.25) is 5.91 Å². The maximum atomic E-state index is 12.7. The van der Waals surface area contributed by atoms with Crippen LogP contribution in [0.1, 0.15) is 30.9 Å². The largest absolute Gasteiger partial charge is 0.489 e. The first-order valence-electron chi connectivity index (χ1n) is 10.8. The molecule has 2 aliphatic heterocycles. The summed E-state index contributed by atoms with van der Waals surface area (Å²) in [7, 11) is 0. The fraction of sp³-hybridized carbons (Fsp3) is 0.320. The molecular formula is C25H26N2O4S. The molecule has 0 N–H and O–H groups in total. The Morgan fingerprint density at radius 1 is 1.06 bits per heavy atom. The third kappa shape index (κ3) is 5.40. The van der Waals surface area contributed by atoms with E-state index in [1.807, 2.05) is 54.6 Å². The van der Waals surface area contributed by atoms with Crippen LogP contribution in [0.15, 0.2) is 59.5 Å². The van der Waals surface area contributed by atoms with Crippen LogP contribution in [0.4, 0.5) is 4.79 Å². The van der Waals surface area contributed by atoms with Gasteiger partial charge >= 0.3 is 0 Å². The molecule has 2 aliphatic rings. The van der Waals surface area contributed by atoms with Gasteiger partial charge in [0.05, 0.1) is 4.91 Å². The number of hydrogen-bond donors (Lipinski definition) is 0. The summed E-state index contributed by atoms with van der Waals surface area (Å²) in [6, 6.07) is 17.2. The Hall–Kier alpha value is -3.06. The van der Waals surface area contributed by atoms with Gasteiger partial charge in [-0.1, -0.05) is 49.4 Å². The Morgan fingerprint density at radius 3 is 2.44 bits per heavy atom. The highest BCUT2D eigenvalue weighted by Gasteiger charge is 2.37. The summed E-state index contributed by atoms with van der Waals surface area (Å²) in [5, 5.41) is -0.400. The molecule has 0 bridgehead atoms. The smallest absolute Gasteiger partial charge is 0.294 e. The first kappa shape index (κ1) is 22.1. The van der Waals surface area contributed by atoms with Crippen LogP contribution < -0.4 is 4.74 Å². The second-order valence-electron chi connectivity index (χ2n) is 8.17. The minimum absolute atomic E-state index is 0.166. The van der Waals surface area contributed by atoms with Crippen molar-refractivity contribution in [2.45, 2.75) is 26.4 Å². The van der Waals surface area contributed by atoms with E-state index in [9.17, 15) is 14.4 Å². The van der Waals surface area contributed by atoms with Gasteiger partial charge in [-0.3, -0.25) is 19.3 Å². The average molecular weight is 451 g/mol. The van der Waals surface area contributed by atoms with Gasteiger partial charge in [-0.05, 0) is 59.9 Å². The summed E-state index contributed by atoms with van der Waals surface area (Å²) >= 11 is 0.874. The minimum atomic E-state index is -0.414. The fourth-order valence-electron chi connectivity index (χ4n) is 3.68. The van der Waals surface area contributed by atoms with Crippen molar-refractivity contribution in [1.29, 1.82) is 0 Å². The predicted molar refractivity (Wildman–Crippen MR) is 125 cm³/mol. The lowest BCUT2D eigenvalue weighted by Crippen LogP contribution is -2.45. The molecule has 3 amide bonds. The van der Waals surface area contributed by atoms with Crippen LogP contribution in [0.3, 0.4) is 0 Å². The Bertz CT molecular complexity index is 1010. The summed E-state index contributed by atoms with van der Waals surface area (Å²) < 4.78 is 5.78. The predicted octanol–water partition coefficient (Wildman–Crippen LogP) is 4.56. The van der Waals surface area contributed by atoms with Crippen molar-refractivity contribution in [3.8, 4) is 5.75 Å². The number of imide groups is 1. The average Bonchev–Trinajstić information content (AvgIpc) is 3.07. The van der Waals surface area contributed by atoms with E-state index in [1.54, 1.807) is 11.0 Å². The lowest BCUT2D eigenvalue weighted by Gasteiger charge is -2.31. The summed E-state index contributed by atoms with van der Waals surface area (Å²) in [6.45, 7) is 3.83. The van der Waals surface area contributed by atoms with Crippen molar-refractivity contribution in [3.63, 3.8) is 0 Å². The lowest BCUT2D eigenvalue weighted by atomic mass is 9.99. The van der Waals surface area contributed by atoms with Gasteiger partial charge < -0.3 is 9.64 Å². The molecule has 166 valence electrons. The topological polar surface area (TPSA) is 66.9 Å². The molecule has 6 nitrogen and oxygen atoms in total. The fourth-order valence-corrected chi connectivity index (χ4v) is 4.52. The molecule has 0 unspecified atom stereocenters. The number of nitrogens with zero attached hydrogens (tertiary/aromatic N) is 2. The van der Waals surface area contributed by atoms with Crippen molar-refractivity contribution in [3.05, 3.63) is 70.6 Å². The second kappa shape index (κ2) is 10.0. The molecule has 2 saturated heterocycles. The van der Waals surface area contributed by atoms with E-state index >= 15 is 0 Å². The lowest BCUT2D eigenvalue weighted by molar-refractivity contribution is -0.136. The molecule has 32 heavy (non-hydrogen) atoms. The molecule has 2 aromatic carbocycles. The molecule has 0 saturated carbocycles. The molecule has 0 aromatic heterocycles. The van der Waals surface area contributed by atoms with E-state index in [1.165, 1.54) is 0 Å². The number of likely N-dealkylation sites (tertiary alicyclic amines) is 1. The van der Waals surface area contributed by atoms with Crippen LogP contribution in [0.25, 0.3) is 6.08 Å². The van der Waals surface area contributed by atoms with Crippen molar-refractivity contribution >= 4 is 34.9 Å². The molecule has 2 heterocycles. The summed E-state index contributed by atoms with van der Waals surface area (Å²) in [6.07, 6.45) is 3.59. The number of thioether (sulfide) groups is 1. The Morgan fingerprint density at radius 2 is 1.75 bits per heavy atom. The van der Waals surface area contributed by atoms with Gasteiger partial charge in [0.1, 0.15) is 18.9 Å². The quantitative estimate of drug-likeness (QED) is 0.604. The number of hydrogen-bond acceptors (Lipinski definition) is 5. The first-order valence-corrected chi connectivity index (χ1v) is 11.6. The molecule has 0 aliphatic carbocycles. The SMILES string of the molecule is CC1CCN(C(=O)CN2C(=O)S/C(=C/c3ccc(OCc4ccccc4)cc3)C2=O)CC1. The van der Waals surface area contributed by atoms with E-state index < -0.39 is 11.1 Å². The Balaban J connectivity index is 1.35. The van der Waals surface area contributed by atoms with E-state index in [0.29, 0.717) is 30.5 Å². The Kier molecular flexibility index (Phi) is 6.95. The summed E-state index contributed by atoms with van der Waals surface area (Å²) in [5.74, 6) is 0.748. The highest BCUT2D eigenvalue weighted by molar-refractivity contribution is 8.18. The highest BCUT2D eigenvalue weighted by Crippen LogP contribution is 2.32. The van der Waals surface area contributed by atoms with Crippen LogP contribution in [-0.2, 0) is 16.2 Å². The highest BCUT2D eigenvalue weighted by atomic mass is 32.2. The maximum Gasteiger partial charge on any atom is 0.294 e. The monoisotopic (exact) mass is 450 g/mol. The number of benzene rings is 2. The van der Waals surface area contributed by atoms with Crippen molar-refractivity contribution in [2.75, 3.05) is 19.6 Å². The second-order valence-corrected chi connectivity index (χ2v) is 9.17. The maximum absolute atomic E-state index is 12.7. The van der Waals surface area contributed by atoms with Crippen LogP contribution in [-0.4, -0.2) is 46.5 Å². The summed E-state index contributed by atoms with van der Waals surface area (Å²) in [5.41, 5.74) is 1.87. The van der Waals surface area contributed by atoms with Crippen molar-refractivity contribution in [1.82, 2.24) is 9.80 Å². The third-order valence-corrected chi connectivity index (χ3v) is 6.64. The van der Waals surface area contributed by atoms with Crippen molar-refractivity contribution < 1.29 is 19.1 Å². The number of carbonyl (C=O) groups excluding carboxylic acids is 3. The van der Waals surface area contributed by atoms with Gasteiger partial charge in [0, 0.05) is 13.1 Å². The van der Waals surface area contributed by atoms with Crippen molar-refractivity contribution in [2.24, 2.45) is 5.92 Å².